The van der Waals surface area contributed by atoms with Crippen LogP contribution in [0.4, 0.5) is 0 Å². The molecule has 0 atom stereocenters. The molecule has 1 heterocycles. The van der Waals surface area contributed by atoms with E-state index < -0.39 is 21.8 Å². The van der Waals surface area contributed by atoms with Gasteiger partial charge in [0, 0.05) is 24.7 Å². The molecule has 0 aromatic heterocycles. The van der Waals surface area contributed by atoms with Gasteiger partial charge in [-0.25, -0.2) is 8.42 Å². The first-order chi connectivity index (χ1) is 14.4. The summed E-state index contributed by atoms with van der Waals surface area (Å²) in [6, 6.07) is 10.3. The van der Waals surface area contributed by atoms with Crippen LogP contribution in [0.1, 0.15) is 33.6 Å². The summed E-state index contributed by atoms with van der Waals surface area (Å²) in [6.45, 7) is 0.941. The number of carbonyl (C=O) groups excluding carboxylic acids is 2. The number of sulfonamides is 1. The summed E-state index contributed by atoms with van der Waals surface area (Å²) >= 11 is 0. The zero-order valence-electron chi connectivity index (χ0n) is 16.7. The van der Waals surface area contributed by atoms with Crippen LogP contribution in [0.25, 0.3) is 0 Å². The van der Waals surface area contributed by atoms with Gasteiger partial charge < -0.3 is 9.47 Å². The quantitative estimate of drug-likeness (QED) is 0.669. The van der Waals surface area contributed by atoms with Crippen LogP contribution in [0, 0.1) is 0 Å². The van der Waals surface area contributed by atoms with Crippen molar-refractivity contribution in [2.24, 2.45) is 0 Å². The smallest absolute Gasteiger partial charge is 0.273 e. The van der Waals surface area contributed by atoms with Crippen molar-refractivity contribution in [2.75, 3.05) is 27.3 Å². The first-order valence-electron chi connectivity index (χ1n) is 9.29. The second-order valence-electron chi connectivity index (χ2n) is 6.61. The van der Waals surface area contributed by atoms with Gasteiger partial charge in [0.05, 0.1) is 24.7 Å². The molecular weight excluding hydrogens is 410 g/mol. The van der Waals surface area contributed by atoms with Gasteiger partial charge in [0.1, 0.15) is 11.5 Å². The van der Waals surface area contributed by atoms with Crippen molar-refractivity contribution in [1.82, 2.24) is 15.2 Å². The minimum atomic E-state index is -3.65. The topological polar surface area (TPSA) is 114 Å². The Hall–Kier alpha value is -3.11. The molecule has 1 aliphatic rings. The third-order valence-corrected chi connectivity index (χ3v) is 6.64. The molecule has 0 aliphatic carbocycles. The Morgan fingerprint density at radius 2 is 1.63 bits per heavy atom. The maximum atomic E-state index is 12.7. The van der Waals surface area contributed by atoms with E-state index in [1.807, 2.05) is 0 Å². The largest absolute Gasteiger partial charge is 0.497 e. The molecule has 2 aromatic rings. The van der Waals surface area contributed by atoms with Crippen molar-refractivity contribution in [2.45, 2.75) is 17.7 Å². The standard InChI is InChI=1S/C20H23N3O6S/c1-28-15-8-9-17(18(13-15)29-2)20(25)22-21-19(24)14-6-5-7-16(12-14)30(26,27)23-10-3-4-11-23/h5-9,12-13H,3-4,10-11H2,1-2H3,(H,21,24)(H,22,25). The number of carbonyl (C=O) groups is 2. The number of benzene rings is 2. The molecule has 0 radical (unpaired) electrons. The molecule has 3 rings (SSSR count). The highest BCUT2D eigenvalue weighted by atomic mass is 32.2. The lowest BCUT2D eigenvalue weighted by atomic mass is 10.2. The van der Waals surface area contributed by atoms with Gasteiger partial charge in [-0.15, -0.1) is 0 Å². The molecule has 0 bridgehead atoms. The highest BCUT2D eigenvalue weighted by Gasteiger charge is 2.27. The molecule has 160 valence electrons. The SMILES string of the molecule is COc1ccc(C(=O)NNC(=O)c2cccc(S(=O)(=O)N3CCCC3)c2)c(OC)c1. The third kappa shape index (κ3) is 4.55. The number of ether oxygens (including phenoxy) is 2. The van der Waals surface area contributed by atoms with Crippen LogP contribution < -0.4 is 20.3 Å². The summed E-state index contributed by atoms with van der Waals surface area (Å²) < 4.78 is 37.0. The fraction of sp³-hybridized carbons (Fsp3) is 0.300. The zero-order valence-corrected chi connectivity index (χ0v) is 17.5. The molecule has 0 saturated carbocycles. The van der Waals surface area contributed by atoms with Gasteiger partial charge in [-0.3, -0.25) is 20.4 Å². The van der Waals surface area contributed by atoms with Crippen LogP contribution in [-0.4, -0.2) is 51.8 Å². The van der Waals surface area contributed by atoms with Gasteiger partial charge in [-0.1, -0.05) is 6.07 Å². The Morgan fingerprint density at radius 1 is 0.933 bits per heavy atom. The van der Waals surface area contributed by atoms with Crippen molar-refractivity contribution in [3.8, 4) is 11.5 Å². The van der Waals surface area contributed by atoms with Crippen LogP contribution in [0.5, 0.6) is 11.5 Å². The van der Waals surface area contributed by atoms with Crippen molar-refractivity contribution in [3.63, 3.8) is 0 Å². The van der Waals surface area contributed by atoms with E-state index in [2.05, 4.69) is 10.9 Å². The number of hydrazine groups is 1. The molecule has 2 amide bonds. The molecule has 9 nitrogen and oxygen atoms in total. The normalized spacial score (nSPS) is 14.2. The molecular formula is C20H23N3O6S. The van der Waals surface area contributed by atoms with Crippen LogP contribution in [0.15, 0.2) is 47.4 Å². The lowest BCUT2D eigenvalue weighted by molar-refractivity contribution is 0.0844. The third-order valence-electron chi connectivity index (χ3n) is 4.74. The number of hydrogen-bond acceptors (Lipinski definition) is 6. The Kier molecular flexibility index (Phi) is 6.58. The minimum absolute atomic E-state index is 0.0419. The second kappa shape index (κ2) is 9.14. The van der Waals surface area contributed by atoms with Gasteiger partial charge in [-0.05, 0) is 43.2 Å². The molecule has 0 spiro atoms. The van der Waals surface area contributed by atoms with Gasteiger partial charge >= 0.3 is 0 Å². The van der Waals surface area contributed by atoms with Gasteiger partial charge in [0.25, 0.3) is 11.8 Å². The molecule has 30 heavy (non-hydrogen) atoms. The van der Waals surface area contributed by atoms with E-state index in [0.717, 1.165) is 12.8 Å². The van der Waals surface area contributed by atoms with Crippen LogP contribution in [0.2, 0.25) is 0 Å². The summed E-state index contributed by atoms with van der Waals surface area (Å²) in [4.78, 5) is 24.9. The van der Waals surface area contributed by atoms with Gasteiger partial charge in [0.2, 0.25) is 10.0 Å². The summed E-state index contributed by atoms with van der Waals surface area (Å²) in [7, 11) is -0.741. The first-order valence-corrected chi connectivity index (χ1v) is 10.7. The van der Waals surface area contributed by atoms with Crippen molar-refractivity contribution in [1.29, 1.82) is 0 Å². The molecule has 10 heteroatoms. The van der Waals surface area contributed by atoms with E-state index in [1.54, 1.807) is 12.1 Å². The number of hydrogen-bond donors (Lipinski definition) is 2. The van der Waals surface area contributed by atoms with Crippen molar-refractivity contribution in [3.05, 3.63) is 53.6 Å². The average Bonchev–Trinajstić information content (AvgIpc) is 3.32. The molecule has 2 aromatic carbocycles. The van der Waals surface area contributed by atoms with Crippen LogP contribution in [-0.2, 0) is 10.0 Å². The van der Waals surface area contributed by atoms with Crippen molar-refractivity contribution >= 4 is 21.8 Å². The number of nitrogens with zero attached hydrogens (tertiary/aromatic N) is 1. The number of rotatable bonds is 6. The Labute approximate surface area is 175 Å². The Bertz CT molecular complexity index is 1050. The van der Waals surface area contributed by atoms with Gasteiger partial charge in [0.15, 0.2) is 0 Å². The monoisotopic (exact) mass is 433 g/mol. The van der Waals surface area contributed by atoms with E-state index in [1.165, 1.54) is 48.9 Å². The number of nitrogens with one attached hydrogen (secondary N) is 2. The first kappa shape index (κ1) is 21.6. The fourth-order valence-electron chi connectivity index (χ4n) is 3.11. The lowest BCUT2D eigenvalue weighted by Gasteiger charge is -2.16. The maximum Gasteiger partial charge on any atom is 0.273 e. The van der Waals surface area contributed by atoms with Crippen LogP contribution >= 0.6 is 0 Å². The highest BCUT2D eigenvalue weighted by molar-refractivity contribution is 7.89. The summed E-state index contributed by atoms with van der Waals surface area (Å²) in [5.74, 6) is -0.443. The number of amides is 2. The van der Waals surface area contributed by atoms with E-state index in [0.29, 0.717) is 18.8 Å². The van der Waals surface area contributed by atoms with E-state index in [9.17, 15) is 18.0 Å². The molecule has 0 unspecified atom stereocenters. The van der Waals surface area contributed by atoms with Crippen LogP contribution in [0.3, 0.4) is 0 Å². The Balaban J connectivity index is 1.70. The Morgan fingerprint density at radius 3 is 2.30 bits per heavy atom. The lowest BCUT2D eigenvalue weighted by Crippen LogP contribution is -2.41. The van der Waals surface area contributed by atoms with E-state index >= 15 is 0 Å². The second-order valence-corrected chi connectivity index (χ2v) is 8.55. The maximum absolute atomic E-state index is 12.7. The molecule has 1 fully saturated rings. The van der Waals surface area contributed by atoms with E-state index in [4.69, 9.17) is 9.47 Å². The van der Waals surface area contributed by atoms with Crippen molar-refractivity contribution < 1.29 is 27.5 Å². The molecule has 2 N–H and O–H groups in total. The predicted octanol–water partition coefficient (Wildman–Crippen LogP) is 1.56. The summed E-state index contributed by atoms with van der Waals surface area (Å²) in [6.07, 6.45) is 1.64. The molecule has 1 aliphatic heterocycles. The van der Waals surface area contributed by atoms with E-state index in [-0.39, 0.29) is 21.8 Å². The zero-order chi connectivity index (χ0) is 21.7. The fourth-order valence-corrected chi connectivity index (χ4v) is 4.68. The average molecular weight is 433 g/mol. The summed E-state index contributed by atoms with van der Waals surface area (Å²) in [5, 5.41) is 0. The highest BCUT2D eigenvalue weighted by Crippen LogP contribution is 2.24. The number of methoxy groups -OCH3 is 2. The predicted molar refractivity (Wildman–Crippen MR) is 109 cm³/mol. The minimum Gasteiger partial charge on any atom is -0.497 e. The summed E-state index contributed by atoms with van der Waals surface area (Å²) in [5.41, 5.74) is 4.90. The van der Waals surface area contributed by atoms with Gasteiger partial charge in [-0.2, -0.15) is 4.31 Å². The molecule has 1 saturated heterocycles.